The van der Waals surface area contributed by atoms with E-state index in [2.05, 4.69) is 70.9 Å². The summed E-state index contributed by atoms with van der Waals surface area (Å²) < 4.78 is 0. The zero-order valence-electron chi connectivity index (χ0n) is 14.5. The first kappa shape index (κ1) is 17.1. The van der Waals surface area contributed by atoms with E-state index in [-0.39, 0.29) is 5.41 Å². The van der Waals surface area contributed by atoms with Gasteiger partial charge in [0.1, 0.15) is 0 Å². The molecule has 0 bridgehead atoms. The van der Waals surface area contributed by atoms with Gasteiger partial charge in [-0.05, 0) is 42.1 Å². The quantitative estimate of drug-likeness (QED) is 0.502. The Labute approximate surface area is 153 Å². The lowest BCUT2D eigenvalue weighted by atomic mass is 9.84. The number of anilines is 2. The van der Waals surface area contributed by atoms with Crippen LogP contribution >= 0.6 is 12.2 Å². The lowest BCUT2D eigenvalue weighted by Crippen LogP contribution is -2.24. The average Bonchev–Trinajstić information content (AvgIpc) is 2.80. The minimum atomic E-state index is -0.0637. The van der Waals surface area contributed by atoms with Gasteiger partial charge in [-0.1, -0.05) is 32.0 Å². The number of nitrogens with zero attached hydrogens (tertiary/aromatic N) is 3. The van der Waals surface area contributed by atoms with Crippen molar-refractivity contribution >= 4 is 34.9 Å². The highest BCUT2D eigenvalue weighted by molar-refractivity contribution is 7.80. The van der Waals surface area contributed by atoms with Gasteiger partial charge in [-0.2, -0.15) is 5.10 Å². The van der Waals surface area contributed by atoms with Crippen molar-refractivity contribution in [2.75, 3.05) is 17.3 Å². The number of thiocarbonyl (C=S) groups is 1. The number of rotatable bonds is 3. The van der Waals surface area contributed by atoms with E-state index < -0.39 is 0 Å². The van der Waals surface area contributed by atoms with Crippen LogP contribution in [-0.2, 0) is 5.41 Å². The molecule has 25 heavy (non-hydrogen) atoms. The maximum Gasteiger partial charge on any atom is 0.191 e. The van der Waals surface area contributed by atoms with Crippen LogP contribution in [0.1, 0.15) is 19.4 Å². The molecule has 2 N–H and O–H groups in total. The SMILES string of the molecule is CN1/C(=C/C=N\NC(=S)Nc2cccnc2)C(C)(C)c2ccccc21. The number of hydrogen-bond donors (Lipinski definition) is 2. The van der Waals surface area contributed by atoms with Crippen molar-refractivity contribution in [3.05, 3.63) is 66.1 Å². The van der Waals surface area contributed by atoms with Gasteiger partial charge in [-0.3, -0.25) is 10.4 Å². The zero-order chi connectivity index (χ0) is 17.9. The van der Waals surface area contributed by atoms with E-state index in [0.717, 1.165) is 5.69 Å². The number of nitrogens with one attached hydrogen (secondary N) is 2. The second-order valence-electron chi connectivity index (χ2n) is 6.34. The molecule has 128 valence electrons. The molecule has 0 atom stereocenters. The smallest absolute Gasteiger partial charge is 0.191 e. The van der Waals surface area contributed by atoms with Crippen molar-refractivity contribution in [1.82, 2.24) is 10.4 Å². The third-order valence-electron chi connectivity index (χ3n) is 4.33. The maximum atomic E-state index is 5.21. The largest absolute Gasteiger partial charge is 0.347 e. The van der Waals surface area contributed by atoms with E-state index in [9.17, 15) is 0 Å². The fraction of sp³-hybridized carbons (Fsp3) is 0.211. The van der Waals surface area contributed by atoms with Crippen molar-refractivity contribution in [3.8, 4) is 0 Å². The molecular formula is C19H21N5S. The fourth-order valence-electron chi connectivity index (χ4n) is 3.10. The van der Waals surface area contributed by atoms with Crippen molar-refractivity contribution in [2.45, 2.75) is 19.3 Å². The number of pyridine rings is 1. The Morgan fingerprint density at radius 3 is 2.76 bits per heavy atom. The average molecular weight is 351 g/mol. The second-order valence-corrected chi connectivity index (χ2v) is 6.75. The van der Waals surface area contributed by atoms with Crippen LogP contribution in [0.5, 0.6) is 0 Å². The molecule has 0 spiro atoms. The summed E-state index contributed by atoms with van der Waals surface area (Å²) in [5, 5.41) is 7.64. The van der Waals surface area contributed by atoms with Crippen LogP contribution in [0, 0.1) is 0 Å². The molecular weight excluding hydrogens is 330 g/mol. The number of aromatic nitrogens is 1. The van der Waals surface area contributed by atoms with Gasteiger partial charge in [0.2, 0.25) is 0 Å². The highest BCUT2D eigenvalue weighted by Crippen LogP contribution is 2.46. The molecule has 5 nitrogen and oxygen atoms in total. The summed E-state index contributed by atoms with van der Waals surface area (Å²) in [5.41, 5.74) is 7.31. The lowest BCUT2D eigenvalue weighted by molar-refractivity contribution is 0.641. The molecule has 0 radical (unpaired) electrons. The Morgan fingerprint density at radius 2 is 2.04 bits per heavy atom. The summed E-state index contributed by atoms with van der Waals surface area (Å²) in [4.78, 5) is 6.23. The van der Waals surface area contributed by atoms with E-state index in [1.807, 2.05) is 18.2 Å². The Kier molecular flexibility index (Phi) is 4.81. The number of allylic oxidation sites excluding steroid dienone is 2. The number of benzene rings is 1. The van der Waals surface area contributed by atoms with Crippen LogP contribution in [0.2, 0.25) is 0 Å². The first-order valence-electron chi connectivity index (χ1n) is 8.04. The van der Waals surface area contributed by atoms with Gasteiger partial charge in [0, 0.05) is 36.3 Å². The molecule has 1 aliphatic rings. The second kappa shape index (κ2) is 7.03. The predicted octanol–water partition coefficient (Wildman–Crippen LogP) is 3.67. The van der Waals surface area contributed by atoms with Crippen LogP contribution in [0.15, 0.2) is 65.7 Å². The molecule has 2 aromatic rings. The topological polar surface area (TPSA) is 52.5 Å². The molecule has 0 fully saturated rings. The summed E-state index contributed by atoms with van der Waals surface area (Å²) in [6.45, 7) is 4.44. The summed E-state index contributed by atoms with van der Waals surface area (Å²) in [5.74, 6) is 0. The van der Waals surface area contributed by atoms with Crippen LogP contribution in [0.4, 0.5) is 11.4 Å². The summed E-state index contributed by atoms with van der Waals surface area (Å²) in [6, 6.07) is 12.2. The van der Waals surface area contributed by atoms with E-state index in [4.69, 9.17) is 12.2 Å². The third kappa shape index (κ3) is 3.53. The van der Waals surface area contributed by atoms with Gasteiger partial charge in [0.15, 0.2) is 5.11 Å². The van der Waals surface area contributed by atoms with E-state index in [1.54, 1.807) is 18.6 Å². The molecule has 0 amide bonds. The van der Waals surface area contributed by atoms with E-state index in [1.165, 1.54) is 16.9 Å². The molecule has 6 heteroatoms. The summed E-state index contributed by atoms with van der Waals surface area (Å²) in [7, 11) is 2.08. The number of likely N-dealkylation sites (N-methyl/N-ethyl adjacent to an activating group) is 1. The zero-order valence-corrected chi connectivity index (χ0v) is 15.3. The van der Waals surface area contributed by atoms with Gasteiger partial charge in [0.25, 0.3) is 0 Å². The monoisotopic (exact) mass is 351 g/mol. The predicted molar refractivity (Wildman–Crippen MR) is 108 cm³/mol. The Balaban J connectivity index is 1.66. The van der Waals surface area contributed by atoms with Crippen LogP contribution in [-0.4, -0.2) is 23.4 Å². The number of hydrazone groups is 1. The molecule has 0 saturated carbocycles. The van der Waals surface area contributed by atoms with Crippen LogP contribution in [0.3, 0.4) is 0 Å². The van der Waals surface area contributed by atoms with Gasteiger partial charge >= 0.3 is 0 Å². The molecule has 1 aliphatic heterocycles. The Bertz CT molecular complexity index is 827. The van der Waals surface area contributed by atoms with E-state index >= 15 is 0 Å². The lowest BCUT2D eigenvalue weighted by Gasteiger charge is -2.23. The first-order valence-corrected chi connectivity index (χ1v) is 8.45. The van der Waals surface area contributed by atoms with Crippen LogP contribution in [0.25, 0.3) is 0 Å². The maximum absolute atomic E-state index is 5.21. The standard InChI is InChI=1S/C19H21N5S/c1-19(2)15-8-4-5-9-16(15)24(3)17(19)10-12-21-23-18(25)22-14-7-6-11-20-13-14/h4-13H,1-3H3,(H2,22,23,25)/b17-10+,21-12-. The van der Waals surface area contributed by atoms with Gasteiger partial charge in [-0.15, -0.1) is 0 Å². The third-order valence-corrected chi connectivity index (χ3v) is 4.53. The highest BCUT2D eigenvalue weighted by atomic mass is 32.1. The molecule has 0 aliphatic carbocycles. The van der Waals surface area contributed by atoms with Crippen LogP contribution < -0.4 is 15.6 Å². The molecule has 0 saturated heterocycles. The van der Waals surface area contributed by atoms with Gasteiger partial charge in [0.05, 0.1) is 11.9 Å². The van der Waals surface area contributed by atoms with E-state index in [0.29, 0.717) is 5.11 Å². The fourth-order valence-corrected chi connectivity index (χ4v) is 3.27. The highest BCUT2D eigenvalue weighted by Gasteiger charge is 2.37. The van der Waals surface area contributed by atoms with Crippen molar-refractivity contribution in [3.63, 3.8) is 0 Å². The normalized spacial score (nSPS) is 16.9. The van der Waals surface area contributed by atoms with Crippen molar-refractivity contribution < 1.29 is 0 Å². The summed E-state index contributed by atoms with van der Waals surface area (Å²) >= 11 is 5.21. The van der Waals surface area contributed by atoms with Crippen molar-refractivity contribution in [1.29, 1.82) is 0 Å². The Hall–Kier alpha value is -2.73. The number of hydrogen-bond acceptors (Lipinski definition) is 4. The Morgan fingerprint density at radius 1 is 1.24 bits per heavy atom. The number of para-hydroxylation sites is 1. The van der Waals surface area contributed by atoms with Gasteiger partial charge in [-0.25, -0.2) is 0 Å². The molecule has 3 rings (SSSR count). The molecule has 1 aromatic carbocycles. The number of fused-ring (bicyclic) bond motifs is 1. The summed E-state index contributed by atoms with van der Waals surface area (Å²) in [6.07, 6.45) is 7.16. The van der Waals surface area contributed by atoms with Gasteiger partial charge < -0.3 is 10.2 Å². The van der Waals surface area contributed by atoms with Crippen molar-refractivity contribution in [2.24, 2.45) is 5.10 Å². The first-order chi connectivity index (χ1) is 12.0. The minimum absolute atomic E-state index is 0.0637. The molecule has 1 aromatic heterocycles. The minimum Gasteiger partial charge on any atom is -0.347 e. The molecule has 2 heterocycles. The molecule has 0 unspecified atom stereocenters.